The number of rotatable bonds is 9. The predicted molar refractivity (Wildman–Crippen MR) is 124 cm³/mol. The summed E-state index contributed by atoms with van der Waals surface area (Å²) in [6.45, 7) is 0.0995. The molecule has 172 valence electrons. The van der Waals surface area contributed by atoms with Crippen LogP contribution in [0, 0.1) is 5.92 Å². The molecule has 1 amide bonds. The third-order valence-corrected chi connectivity index (χ3v) is 6.88. The molecule has 1 aliphatic rings. The molecule has 4 rings (SSSR count). The van der Waals surface area contributed by atoms with E-state index in [1.165, 1.54) is 11.3 Å². The molecule has 33 heavy (non-hydrogen) atoms. The number of ketones is 1. The Kier molecular flexibility index (Phi) is 7.17. The molecular formula is C25H26N2O5S. The number of aliphatic hydroxyl groups is 2. The Morgan fingerprint density at radius 3 is 2.45 bits per heavy atom. The summed E-state index contributed by atoms with van der Waals surface area (Å²) in [6, 6.07) is 15.5. The lowest BCUT2D eigenvalue weighted by atomic mass is 9.94. The number of hydrogen-bond donors (Lipinski definition) is 3. The number of thiazole rings is 1. The van der Waals surface area contributed by atoms with Crippen molar-refractivity contribution in [3.8, 4) is 5.75 Å². The first-order chi connectivity index (χ1) is 16.0. The number of nitrogens with one attached hydrogen (secondary N) is 1. The van der Waals surface area contributed by atoms with Gasteiger partial charge in [0.1, 0.15) is 16.9 Å². The zero-order valence-electron chi connectivity index (χ0n) is 18.2. The van der Waals surface area contributed by atoms with Crippen LogP contribution in [0.15, 0.2) is 54.7 Å². The van der Waals surface area contributed by atoms with Crippen LogP contribution < -0.4 is 10.1 Å². The van der Waals surface area contributed by atoms with Crippen molar-refractivity contribution in [3.63, 3.8) is 0 Å². The third-order valence-electron chi connectivity index (χ3n) is 5.89. The highest BCUT2D eigenvalue weighted by Gasteiger charge is 2.37. The highest BCUT2D eigenvalue weighted by Crippen LogP contribution is 2.28. The summed E-state index contributed by atoms with van der Waals surface area (Å²) >= 11 is 1.44. The van der Waals surface area contributed by atoms with Gasteiger partial charge in [-0.1, -0.05) is 42.5 Å². The van der Waals surface area contributed by atoms with Crippen LogP contribution in [0.5, 0.6) is 5.75 Å². The molecule has 0 saturated carbocycles. The van der Waals surface area contributed by atoms with Crippen LogP contribution in [0.1, 0.15) is 26.6 Å². The van der Waals surface area contributed by atoms with E-state index < -0.39 is 29.8 Å². The molecule has 0 unspecified atom stereocenters. The summed E-state index contributed by atoms with van der Waals surface area (Å²) in [5, 5.41) is 23.8. The quantitative estimate of drug-likeness (QED) is 0.446. The van der Waals surface area contributed by atoms with E-state index in [2.05, 4.69) is 10.3 Å². The van der Waals surface area contributed by atoms with Gasteiger partial charge in [-0.15, -0.1) is 11.3 Å². The second-order valence-corrected chi connectivity index (χ2v) is 9.29. The maximum Gasteiger partial charge on any atom is 0.252 e. The molecule has 0 radical (unpaired) electrons. The van der Waals surface area contributed by atoms with Gasteiger partial charge < -0.3 is 20.3 Å². The van der Waals surface area contributed by atoms with Crippen LogP contribution in [0.4, 0.5) is 0 Å². The summed E-state index contributed by atoms with van der Waals surface area (Å²) in [7, 11) is 1.63. The van der Waals surface area contributed by atoms with E-state index >= 15 is 0 Å². The van der Waals surface area contributed by atoms with Crippen molar-refractivity contribution < 1.29 is 24.5 Å². The summed E-state index contributed by atoms with van der Waals surface area (Å²) < 4.78 is 5.37. The normalized spacial score (nSPS) is 15.0. The Balaban J connectivity index is 1.29. The monoisotopic (exact) mass is 466 g/mol. The van der Waals surface area contributed by atoms with Gasteiger partial charge in [0.15, 0.2) is 11.9 Å². The number of hydrogen-bond acceptors (Lipinski definition) is 7. The molecule has 1 heterocycles. The summed E-state index contributed by atoms with van der Waals surface area (Å²) in [5.74, 6) is -0.945. The Bertz CT molecular complexity index is 1120. The Labute approximate surface area is 196 Å². The first-order valence-electron chi connectivity index (χ1n) is 10.8. The number of benzene rings is 2. The lowest BCUT2D eigenvalue weighted by molar-refractivity contribution is -0.147. The minimum absolute atomic E-state index is 0.0995. The molecule has 0 saturated heterocycles. The van der Waals surface area contributed by atoms with Gasteiger partial charge in [0, 0.05) is 23.4 Å². The fourth-order valence-electron chi connectivity index (χ4n) is 4.12. The Morgan fingerprint density at radius 2 is 1.76 bits per heavy atom. The Hall–Kier alpha value is -3.07. The van der Waals surface area contributed by atoms with E-state index in [9.17, 15) is 19.8 Å². The first-order valence-corrected chi connectivity index (χ1v) is 11.6. The van der Waals surface area contributed by atoms with E-state index in [1.54, 1.807) is 13.3 Å². The topological polar surface area (TPSA) is 109 Å². The molecule has 2 aromatic carbocycles. The maximum atomic E-state index is 12.7. The number of aliphatic hydroxyl groups excluding tert-OH is 2. The number of ether oxygens (including phenoxy) is 1. The van der Waals surface area contributed by atoms with E-state index in [1.807, 2.05) is 48.5 Å². The number of methoxy groups -OCH3 is 1. The molecule has 0 bridgehead atoms. The zero-order chi connectivity index (χ0) is 23.4. The van der Waals surface area contributed by atoms with Crippen LogP contribution in [-0.2, 0) is 35.4 Å². The SMILES string of the molecule is COc1ccccc1Cc1cnc(CNC(=O)[C@H](O)[C@@H](O)C(=O)C2Cc3ccccc3C2)s1. The van der Waals surface area contributed by atoms with E-state index in [4.69, 9.17) is 4.74 Å². The fraction of sp³-hybridized carbons (Fsp3) is 0.320. The van der Waals surface area contributed by atoms with E-state index in [0.29, 0.717) is 24.3 Å². The van der Waals surface area contributed by atoms with Gasteiger partial charge in [-0.05, 0) is 35.6 Å². The molecule has 3 N–H and O–H groups in total. The van der Waals surface area contributed by atoms with Gasteiger partial charge >= 0.3 is 0 Å². The van der Waals surface area contributed by atoms with E-state index in [-0.39, 0.29) is 6.54 Å². The number of carbonyl (C=O) groups is 2. The predicted octanol–water partition coefficient (Wildman–Crippen LogP) is 2.06. The molecule has 1 aromatic heterocycles. The number of Topliss-reactive ketones (excluding diaryl/α,β-unsaturated/α-hetero) is 1. The molecule has 2 atom stereocenters. The van der Waals surface area contributed by atoms with Crippen LogP contribution in [0.2, 0.25) is 0 Å². The highest BCUT2D eigenvalue weighted by molar-refractivity contribution is 7.11. The lowest BCUT2D eigenvalue weighted by Gasteiger charge is -2.19. The van der Waals surface area contributed by atoms with Gasteiger partial charge in [-0.25, -0.2) is 4.98 Å². The fourth-order valence-corrected chi connectivity index (χ4v) is 5.00. The number of carbonyl (C=O) groups excluding carboxylic acids is 2. The van der Waals surface area contributed by atoms with Gasteiger partial charge in [0.2, 0.25) is 0 Å². The largest absolute Gasteiger partial charge is 0.496 e. The van der Waals surface area contributed by atoms with Crippen LogP contribution in [0.25, 0.3) is 0 Å². The molecular weight excluding hydrogens is 440 g/mol. The average Bonchev–Trinajstić information content (AvgIpc) is 3.48. The van der Waals surface area contributed by atoms with Crippen molar-refractivity contribution in [2.75, 3.05) is 7.11 Å². The minimum Gasteiger partial charge on any atom is -0.496 e. The van der Waals surface area contributed by atoms with Gasteiger partial charge in [0.05, 0.1) is 13.7 Å². The average molecular weight is 467 g/mol. The standard InChI is InChI=1S/C25H26N2O5S/c1-32-20-9-5-4-8-17(20)12-19-13-26-21(33-19)14-27-25(31)24(30)23(29)22(28)18-10-15-6-2-3-7-16(15)11-18/h2-9,13,18,23-24,29-30H,10-12,14H2,1H3,(H,27,31)/t23-,24+/m0/s1. The number of aromatic nitrogens is 1. The molecule has 3 aromatic rings. The van der Waals surface area contributed by atoms with Gasteiger partial charge in [-0.3, -0.25) is 9.59 Å². The van der Waals surface area contributed by atoms with Crippen LogP contribution in [-0.4, -0.2) is 46.2 Å². The van der Waals surface area contributed by atoms with Crippen molar-refractivity contribution >= 4 is 23.0 Å². The smallest absolute Gasteiger partial charge is 0.252 e. The minimum atomic E-state index is -1.82. The summed E-state index contributed by atoms with van der Waals surface area (Å²) in [6.07, 6.45) is -0.181. The number of amides is 1. The van der Waals surface area contributed by atoms with Crippen molar-refractivity contribution in [2.45, 2.75) is 38.0 Å². The lowest BCUT2D eigenvalue weighted by Crippen LogP contribution is -2.47. The van der Waals surface area contributed by atoms with Crippen molar-refractivity contribution in [2.24, 2.45) is 5.92 Å². The third kappa shape index (κ3) is 5.30. The molecule has 8 heteroatoms. The summed E-state index contributed by atoms with van der Waals surface area (Å²) in [5.41, 5.74) is 3.16. The second-order valence-electron chi connectivity index (χ2n) is 8.09. The van der Waals surface area contributed by atoms with Gasteiger partial charge in [0.25, 0.3) is 5.91 Å². The molecule has 1 aliphatic carbocycles. The van der Waals surface area contributed by atoms with Crippen LogP contribution >= 0.6 is 11.3 Å². The molecule has 0 spiro atoms. The zero-order valence-corrected chi connectivity index (χ0v) is 19.0. The number of para-hydroxylation sites is 1. The molecule has 0 aliphatic heterocycles. The highest BCUT2D eigenvalue weighted by atomic mass is 32.1. The second kappa shape index (κ2) is 10.2. The van der Waals surface area contributed by atoms with Crippen molar-refractivity contribution in [1.82, 2.24) is 10.3 Å². The molecule has 7 nitrogen and oxygen atoms in total. The number of nitrogens with zero attached hydrogens (tertiary/aromatic N) is 1. The summed E-state index contributed by atoms with van der Waals surface area (Å²) in [4.78, 5) is 30.3. The van der Waals surface area contributed by atoms with E-state index in [0.717, 1.165) is 27.3 Å². The Morgan fingerprint density at radius 1 is 1.09 bits per heavy atom. The van der Waals surface area contributed by atoms with Gasteiger partial charge in [-0.2, -0.15) is 0 Å². The van der Waals surface area contributed by atoms with Crippen molar-refractivity contribution in [3.05, 3.63) is 81.3 Å². The molecule has 0 fully saturated rings. The van der Waals surface area contributed by atoms with Crippen LogP contribution in [0.3, 0.4) is 0 Å². The maximum absolute atomic E-state index is 12.7. The first kappa shape index (κ1) is 23.1. The number of fused-ring (bicyclic) bond motifs is 1. The van der Waals surface area contributed by atoms with Crippen molar-refractivity contribution in [1.29, 1.82) is 0 Å².